The van der Waals surface area contributed by atoms with Crippen LogP contribution in [-0.2, 0) is 68.0 Å². The van der Waals surface area contributed by atoms with Gasteiger partial charge in [-0.1, -0.05) is 18.2 Å². The van der Waals surface area contributed by atoms with Crippen LogP contribution in [0.25, 0.3) is 0 Å². The van der Waals surface area contributed by atoms with Gasteiger partial charge < -0.3 is 63.7 Å². The second-order valence-electron chi connectivity index (χ2n) is 14.9. The van der Waals surface area contributed by atoms with Crippen molar-refractivity contribution in [3.8, 4) is 17.9 Å². The Bertz CT molecular complexity index is 2400. The molecule has 6 N–H and O–H groups in total. The highest BCUT2D eigenvalue weighted by Crippen LogP contribution is 2.51. The van der Waals surface area contributed by atoms with E-state index in [0.717, 1.165) is 9.13 Å². The summed E-state index contributed by atoms with van der Waals surface area (Å²) in [6, 6.07) is 13.7. The number of nitriles is 2. The summed E-state index contributed by atoms with van der Waals surface area (Å²) in [5.74, 6) is -0.537. The van der Waals surface area contributed by atoms with E-state index in [-0.39, 0.29) is 17.4 Å². The molecule has 25 nitrogen and oxygen atoms in total. The van der Waals surface area contributed by atoms with Crippen LogP contribution >= 0.6 is 7.75 Å². The molecule has 7 rings (SSSR count). The first kappa shape index (κ1) is 48.1. The minimum atomic E-state index is -4.34. The monoisotopic (exact) mass is 917 g/mol. The van der Waals surface area contributed by atoms with Crippen molar-refractivity contribution in [3.63, 3.8) is 0 Å². The largest absolute Gasteiger partial charge is 0.462 e. The first-order chi connectivity index (χ1) is 30.3. The fraction of sp³-hybridized carbons (Fsp3) is 0.553. The average Bonchev–Trinajstić information content (AvgIpc) is 4.01. The number of anilines is 2. The number of rotatable bonds is 14. The van der Waals surface area contributed by atoms with Crippen molar-refractivity contribution < 1.29 is 66.1 Å². The van der Waals surface area contributed by atoms with E-state index < -0.39 is 110 Å². The van der Waals surface area contributed by atoms with Gasteiger partial charge in [-0.05, 0) is 58.9 Å². The molecule has 64 heavy (non-hydrogen) atoms. The first-order valence-electron chi connectivity index (χ1n) is 19.6. The Hall–Kier alpha value is -5.38. The molecule has 0 saturated carbocycles. The van der Waals surface area contributed by atoms with Gasteiger partial charge in [0.2, 0.25) is 0 Å². The highest BCUT2D eigenvalue weighted by atomic mass is 31.2. The maximum absolute atomic E-state index is 14.1. The van der Waals surface area contributed by atoms with Gasteiger partial charge in [0.1, 0.15) is 60.0 Å². The van der Waals surface area contributed by atoms with Gasteiger partial charge in [0.15, 0.2) is 12.2 Å². The molecule has 0 spiro atoms. The molecule has 0 aliphatic carbocycles. The van der Waals surface area contributed by atoms with Crippen LogP contribution < -0.4 is 32.5 Å². The number of fused-ring (bicyclic) bond motifs is 2. The topological polar surface area (TPSA) is 337 Å². The molecule has 0 bridgehead atoms. The smallest absolute Gasteiger partial charge is 0.459 e. The summed E-state index contributed by atoms with van der Waals surface area (Å²) in [5.41, 5.74) is 5.52. The molecule has 6 heterocycles. The lowest BCUT2D eigenvalue weighted by molar-refractivity contribution is -0.270. The predicted octanol–water partition coefficient (Wildman–Crippen LogP) is 0.132. The second kappa shape index (κ2) is 19.4. The van der Waals surface area contributed by atoms with Crippen LogP contribution in [0.2, 0.25) is 0 Å². The van der Waals surface area contributed by atoms with Gasteiger partial charge in [0.25, 0.3) is 24.4 Å². The fourth-order valence-corrected chi connectivity index (χ4v) is 8.94. The number of hydrogen-bond acceptors (Lipinski definition) is 22. The lowest BCUT2D eigenvalue weighted by atomic mass is 10.0. The summed E-state index contributed by atoms with van der Waals surface area (Å²) in [4.78, 5) is 44.7. The Balaban J connectivity index is 0.000000249. The number of nitrogens with two attached hydrogens (primary N) is 2. The molecule has 14 atom stereocenters. The van der Waals surface area contributed by atoms with Crippen molar-refractivity contribution in [1.82, 2.24) is 24.2 Å². The summed E-state index contributed by atoms with van der Waals surface area (Å²) in [6.45, 7) is 5.56. The molecule has 4 fully saturated rings. The number of nitrogens with zero attached hydrogens (tertiary/aromatic N) is 6. The number of ether oxygens (including phenoxy) is 9. The molecule has 4 saturated heterocycles. The van der Waals surface area contributed by atoms with Crippen LogP contribution in [-0.4, -0.2) is 118 Å². The van der Waals surface area contributed by atoms with E-state index in [0.29, 0.717) is 0 Å². The maximum atomic E-state index is 14.1. The quantitative estimate of drug-likeness (QED) is 0.123. The summed E-state index contributed by atoms with van der Waals surface area (Å²) in [7, 11) is -1.64. The molecule has 2 aromatic heterocycles. The molecule has 0 radical (unpaired) electrons. The van der Waals surface area contributed by atoms with Crippen molar-refractivity contribution in [3.05, 3.63) is 75.8 Å². The van der Waals surface area contributed by atoms with Gasteiger partial charge in [0, 0.05) is 26.6 Å². The molecule has 3 aromatic rings. The van der Waals surface area contributed by atoms with E-state index >= 15 is 0 Å². The van der Waals surface area contributed by atoms with Gasteiger partial charge in [0.05, 0.1) is 18.3 Å². The molecular formula is C38H48N9O16P. The molecule has 1 aromatic carbocycles. The summed E-state index contributed by atoms with van der Waals surface area (Å²) < 4.78 is 77.5. The number of esters is 1. The lowest BCUT2D eigenvalue weighted by Crippen LogP contribution is -2.49. The molecule has 2 unspecified atom stereocenters. The number of benzene rings is 1. The van der Waals surface area contributed by atoms with Crippen LogP contribution in [0.1, 0.15) is 34.6 Å². The average molecular weight is 918 g/mol. The summed E-state index contributed by atoms with van der Waals surface area (Å²) >= 11 is 0. The van der Waals surface area contributed by atoms with Gasteiger partial charge >= 0.3 is 25.1 Å². The van der Waals surface area contributed by atoms with Crippen molar-refractivity contribution in [2.45, 2.75) is 120 Å². The zero-order valence-corrected chi connectivity index (χ0v) is 36.4. The Morgan fingerprint density at radius 1 is 0.828 bits per heavy atom. The third-order valence-corrected chi connectivity index (χ3v) is 11.8. The second-order valence-corrected chi connectivity index (χ2v) is 16.6. The predicted molar refractivity (Wildman–Crippen MR) is 215 cm³/mol. The Morgan fingerprint density at radius 2 is 1.31 bits per heavy atom. The summed E-state index contributed by atoms with van der Waals surface area (Å²) in [6.07, 6.45) is -6.02. The zero-order valence-electron chi connectivity index (χ0n) is 35.5. The van der Waals surface area contributed by atoms with E-state index in [4.69, 9.17) is 63.1 Å². The number of aliphatic hydroxyl groups excluding tert-OH is 1. The standard InChI is InChI=1S/C25H32N5O10P.C13H16N4O6/c1-14(2)35-22(31)15(3)29-41(33,40-17-9-7-6-8-10-17)39-16(4)19-20-21(37-24(34-5)36-20)25(13-26,38-19)30-12-11-18(27)28-23(30)32;1-6(18)8-9-10(22-12(20-2)21-9)13(5-14,23-8)17-4-3-7(15)16-11(17)19/h6-12,14-16,19-21,24H,1-5H3,(H,29,33)(H2,27,28,32);3-4,6,8-10,12,18H,1-2H3,(H2,15,16,19)/t15-,16+,19+,20+,21+,24?,25+,41-;6-,8-,9-,10-,12?,13-/m01/s1. The fourth-order valence-electron chi connectivity index (χ4n) is 7.24. The first-order valence-corrected chi connectivity index (χ1v) is 21.1. The number of nitrogens with one attached hydrogen (secondary N) is 1. The maximum Gasteiger partial charge on any atom is 0.459 e. The van der Waals surface area contributed by atoms with Crippen molar-refractivity contribution in [1.29, 1.82) is 10.5 Å². The molecule has 26 heteroatoms. The SMILES string of the molecule is COC1O[C@@H]2[C@@H]([C@@H](C)O)O[C@@](C#N)(n3ccc(N)nc3=O)[C@@H]2O1.COC1O[C@@H]2[C@@H]([C@@H](C)O[P@@](=O)(N[C@@H](C)C(=O)OC(C)C)Oc3ccccc3)O[C@@](C#N)(n3ccc(N)nc3=O)[C@@H]2O1. The number of carbonyl (C=O) groups excluding carboxylic acids is 1. The van der Waals surface area contributed by atoms with Crippen molar-refractivity contribution in [2.24, 2.45) is 0 Å². The van der Waals surface area contributed by atoms with E-state index in [1.807, 2.05) is 12.1 Å². The zero-order chi connectivity index (χ0) is 46.7. The minimum Gasteiger partial charge on any atom is -0.462 e. The summed E-state index contributed by atoms with van der Waals surface area (Å²) in [5, 5.41) is 32.5. The van der Waals surface area contributed by atoms with Gasteiger partial charge in [-0.25, -0.2) is 14.2 Å². The van der Waals surface area contributed by atoms with Crippen LogP contribution in [0.4, 0.5) is 11.6 Å². The normalized spacial score (nSPS) is 31.5. The Morgan fingerprint density at radius 3 is 1.75 bits per heavy atom. The lowest BCUT2D eigenvalue weighted by Gasteiger charge is -2.31. The Labute approximate surface area is 365 Å². The molecule has 0 amide bonds. The van der Waals surface area contributed by atoms with Gasteiger partial charge in [-0.3, -0.25) is 18.5 Å². The number of methoxy groups -OCH3 is 2. The van der Waals surface area contributed by atoms with Crippen LogP contribution in [0.15, 0.2) is 64.4 Å². The molecule has 346 valence electrons. The Kier molecular flexibility index (Phi) is 14.6. The van der Waals surface area contributed by atoms with Crippen LogP contribution in [0.5, 0.6) is 5.75 Å². The number of aromatic nitrogens is 4. The minimum absolute atomic E-state index is 0.0133. The molecule has 4 aliphatic heterocycles. The van der Waals surface area contributed by atoms with E-state index in [2.05, 4.69) is 15.1 Å². The number of aliphatic hydroxyl groups is 1. The number of para-hydroxylation sites is 1. The highest BCUT2D eigenvalue weighted by molar-refractivity contribution is 7.52. The molecule has 4 aliphatic rings. The van der Waals surface area contributed by atoms with Crippen molar-refractivity contribution >= 4 is 25.4 Å². The third kappa shape index (κ3) is 9.52. The van der Waals surface area contributed by atoms with Gasteiger partial charge in [-0.2, -0.15) is 25.6 Å². The van der Waals surface area contributed by atoms with Crippen molar-refractivity contribution in [2.75, 3.05) is 25.7 Å². The van der Waals surface area contributed by atoms with E-state index in [1.54, 1.807) is 44.2 Å². The van der Waals surface area contributed by atoms with E-state index in [1.165, 1.54) is 59.5 Å². The highest BCUT2D eigenvalue weighted by Gasteiger charge is 2.66. The van der Waals surface area contributed by atoms with Gasteiger partial charge in [-0.15, -0.1) is 0 Å². The number of hydrogen-bond donors (Lipinski definition) is 4. The molecular weight excluding hydrogens is 869 g/mol. The third-order valence-electron chi connectivity index (χ3n) is 10.0. The number of nitrogen functional groups attached to an aromatic ring is 2. The van der Waals surface area contributed by atoms with E-state index in [9.17, 15) is 34.6 Å². The van der Waals surface area contributed by atoms with Crippen LogP contribution in [0.3, 0.4) is 0 Å². The van der Waals surface area contributed by atoms with Crippen LogP contribution in [0, 0.1) is 22.7 Å². The number of carbonyl (C=O) groups is 1.